The molecule has 5 heteroatoms. The molecule has 0 saturated carbocycles. The smallest absolute Gasteiger partial charge is 0.238 e. The third kappa shape index (κ3) is 4.11. The number of carbonyl (C=O) groups is 1. The fourth-order valence-electron chi connectivity index (χ4n) is 2.69. The molecular formula is C16H24N2O3. The number of rotatable bonds is 5. The molecule has 1 aromatic carbocycles. The van der Waals surface area contributed by atoms with E-state index < -0.39 is 0 Å². The number of ether oxygens (including phenoxy) is 2. The summed E-state index contributed by atoms with van der Waals surface area (Å²) in [4.78, 5) is 14.4. The summed E-state index contributed by atoms with van der Waals surface area (Å²) in [7, 11) is 3.17. The highest BCUT2D eigenvalue weighted by atomic mass is 16.5. The van der Waals surface area contributed by atoms with Gasteiger partial charge < -0.3 is 14.8 Å². The number of nitrogens with zero attached hydrogens (tertiary/aromatic N) is 1. The molecule has 1 aliphatic rings. The summed E-state index contributed by atoms with van der Waals surface area (Å²) in [6.07, 6.45) is 3.60. The standard InChI is InChI=1S/C16H24N2O3/c1-12-6-4-5-9-18(12)11-16(19)17-13-7-8-14(20-2)15(10-13)21-3/h7-8,10,12H,4-6,9,11H2,1-3H3,(H,17,19). The van der Waals surface area contributed by atoms with Gasteiger partial charge in [0.05, 0.1) is 20.8 Å². The fourth-order valence-corrected chi connectivity index (χ4v) is 2.69. The van der Waals surface area contributed by atoms with E-state index >= 15 is 0 Å². The topological polar surface area (TPSA) is 50.8 Å². The predicted molar refractivity (Wildman–Crippen MR) is 83.1 cm³/mol. The molecule has 1 N–H and O–H groups in total. The van der Waals surface area contributed by atoms with Crippen LogP contribution in [0.2, 0.25) is 0 Å². The highest BCUT2D eigenvalue weighted by Crippen LogP contribution is 2.29. The van der Waals surface area contributed by atoms with E-state index in [0.717, 1.165) is 12.2 Å². The maximum Gasteiger partial charge on any atom is 0.238 e. The third-order valence-electron chi connectivity index (χ3n) is 3.95. The number of methoxy groups -OCH3 is 2. The first-order valence-electron chi connectivity index (χ1n) is 7.40. The predicted octanol–water partition coefficient (Wildman–Crippen LogP) is 2.52. The van der Waals surface area contributed by atoms with E-state index in [0.29, 0.717) is 24.1 Å². The number of likely N-dealkylation sites (tertiary alicyclic amines) is 1. The maximum atomic E-state index is 12.2. The normalized spacial score (nSPS) is 19.1. The summed E-state index contributed by atoms with van der Waals surface area (Å²) < 4.78 is 10.4. The molecule has 0 aliphatic carbocycles. The van der Waals surface area contributed by atoms with Crippen LogP contribution in [0.4, 0.5) is 5.69 Å². The average molecular weight is 292 g/mol. The molecule has 1 aliphatic heterocycles. The molecule has 0 radical (unpaired) electrons. The molecule has 1 saturated heterocycles. The fraction of sp³-hybridized carbons (Fsp3) is 0.562. The molecule has 1 heterocycles. The molecule has 1 aromatic rings. The van der Waals surface area contributed by atoms with Crippen LogP contribution >= 0.6 is 0 Å². The molecule has 1 fully saturated rings. The van der Waals surface area contributed by atoms with Gasteiger partial charge in [0.1, 0.15) is 0 Å². The van der Waals surface area contributed by atoms with E-state index in [-0.39, 0.29) is 5.91 Å². The van der Waals surface area contributed by atoms with Gasteiger partial charge in [0.15, 0.2) is 11.5 Å². The van der Waals surface area contributed by atoms with Crippen LogP contribution in [-0.2, 0) is 4.79 Å². The van der Waals surface area contributed by atoms with E-state index in [2.05, 4.69) is 17.1 Å². The van der Waals surface area contributed by atoms with Gasteiger partial charge in [-0.1, -0.05) is 6.42 Å². The van der Waals surface area contributed by atoms with Gasteiger partial charge in [-0.3, -0.25) is 9.69 Å². The number of benzene rings is 1. The number of amides is 1. The molecule has 0 aromatic heterocycles. The van der Waals surface area contributed by atoms with Crippen LogP contribution in [0.5, 0.6) is 11.5 Å². The lowest BCUT2D eigenvalue weighted by Gasteiger charge is -2.32. The Morgan fingerprint density at radius 3 is 2.71 bits per heavy atom. The molecule has 0 bridgehead atoms. The largest absolute Gasteiger partial charge is 0.493 e. The zero-order chi connectivity index (χ0) is 15.2. The molecule has 1 amide bonds. The molecule has 0 spiro atoms. The average Bonchev–Trinajstić information content (AvgIpc) is 2.49. The van der Waals surface area contributed by atoms with Gasteiger partial charge >= 0.3 is 0 Å². The van der Waals surface area contributed by atoms with Crippen molar-refractivity contribution >= 4 is 11.6 Å². The van der Waals surface area contributed by atoms with E-state index in [1.54, 1.807) is 26.4 Å². The lowest BCUT2D eigenvalue weighted by molar-refractivity contribution is -0.118. The first kappa shape index (κ1) is 15.6. The molecule has 21 heavy (non-hydrogen) atoms. The number of anilines is 1. The van der Waals surface area contributed by atoms with Crippen LogP contribution in [0, 0.1) is 0 Å². The van der Waals surface area contributed by atoms with Gasteiger partial charge in [-0.2, -0.15) is 0 Å². The van der Waals surface area contributed by atoms with Crippen LogP contribution in [0.15, 0.2) is 18.2 Å². The number of piperidine rings is 1. The van der Waals surface area contributed by atoms with Crippen LogP contribution in [0.25, 0.3) is 0 Å². The zero-order valence-corrected chi connectivity index (χ0v) is 13.0. The molecule has 1 atom stereocenters. The van der Waals surface area contributed by atoms with Gasteiger partial charge in [0.25, 0.3) is 0 Å². The molecule has 2 rings (SSSR count). The van der Waals surface area contributed by atoms with Gasteiger partial charge in [0.2, 0.25) is 5.91 Å². The second-order valence-corrected chi connectivity index (χ2v) is 5.43. The van der Waals surface area contributed by atoms with Gasteiger partial charge in [-0.15, -0.1) is 0 Å². The first-order valence-corrected chi connectivity index (χ1v) is 7.40. The SMILES string of the molecule is COc1ccc(NC(=O)CN2CCCCC2C)cc1OC. The van der Waals surface area contributed by atoms with Crippen molar-refractivity contribution < 1.29 is 14.3 Å². The summed E-state index contributed by atoms with van der Waals surface area (Å²) in [6, 6.07) is 5.86. The minimum absolute atomic E-state index is 0.0102. The van der Waals surface area contributed by atoms with Gasteiger partial charge in [0, 0.05) is 17.8 Å². The minimum Gasteiger partial charge on any atom is -0.493 e. The second kappa shape index (κ2) is 7.31. The van der Waals surface area contributed by atoms with Crippen molar-refractivity contribution in [2.24, 2.45) is 0 Å². The minimum atomic E-state index is 0.0102. The highest BCUT2D eigenvalue weighted by molar-refractivity contribution is 5.92. The number of hydrogen-bond donors (Lipinski definition) is 1. The van der Waals surface area contributed by atoms with Gasteiger partial charge in [-0.05, 0) is 38.4 Å². The van der Waals surface area contributed by atoms with E-state index in [4.69, 9.17) is 9.47 Å². The number of nitrogens with one attached hydrogen (secondary N) is 1. The number of hydrogen-bond acceptors (Lipinski definition) is 4. The van der Waals surface area contributed by atoms with Crippen molar-refractivity contribution in [2.75, 3.05) is 32.6 Å². The molecule has 116 valence electrons. The summed E-state index contributed by atoms with van der Waals surface area (Å²) in [6.45, 7) is 3.62. The maximum absolute atomic E-state index is 12.2. The van der Waals surface area contributed by atoms with Gasteiger partial charge in [-0.25, -0.2) is 0 Å². The van der Waals surface area contributed by atoms with Crippen molar-refractivity contribution in [3.63, 3.8) is 0 Å². The summed E-state index contributed by atoms with van der Waals surface area (Å²) >= 11 is 0. The first-order chi connectivity index (χ1) is 10.1. The van der Waals surface area contributed by atoms with E-state index in [9.17, 15) is 4.79 Å². The van der Waals surface area contributed by atoms with Crippen molar-refractivity contribution in [2.45, 2.75) is 32.2 Å². The van der Waals surface area contributed by atoms with Crippen molar-refractivity contribution in [1.29, 1.82) is 0 Å². The Bertz CT molecular complexity index is 490. The summed E-state index contributed by atoms with van der Waals surface area (Å²) in [5.41, 5.74) is 0.724. The lowest BCUT2D eigenvalue weighted by atomic mass is 10.0. The Morgan fingerprint density at radius 1 is 1.29 bits per heavy atom. The highest BCUT2D eigenvalue weighted by Gasteiger charge is 2.20. The monoisotopic (exact) mass is 292 g/mol. The van der Waals surface area contributed by atoms with Crippen molar-refractivity contribution in [3.05, 3.63) is 18.2 Å². The molecule has 5 nitrogen and oxygen atoms in total. The van der Waals surface area contributed by atoms with Crippen molar-refractivity contribution in [3.8, 4) is 11.5 Å². The summed E-state index contributed by atoms with van der Waals surface area (Å²) in [5.74, 6) is 1.28. The zero-order valence-electron chi connectivity index (χ0n) is 13.0. The van der Waals surface area contributed by atoms with Crippen molar-refractivity contribution in [1.82, 2.24) is 4.90 Å². The van der Waals surface area contributed by atoms with Crippen LogP contribution in [0.3, 0.4) is 0 Å². The molecule has 1 unspecified atom stereocenters. The quantitative estimate of drug-likeness (QED) is 0.906. The lowest BCUT2D eigenvalue weighted by Crippen LogP contribution is -2.42. The Morgan fingerprint density at radius 2 is 2.05 bits per heavy atom. The Kier molecular flexibility index (Phi) is 5.44. The Balaban J connectivity index is 1.96. The van der Waals surface area contributed by atoms with E-state index in [1.807, 2.05) is 6.07 Å². The van der Waals surface area contributed by atoms with E-state index in [1.165, 1.54) is 19.3 Å². The molecular weight excluding hydrogens is 268 g/mol. The second-order valence-electron chi connectivity index (χ2n) is 5.43. The van der Waals surface area contributed by atoms with Crippen LogP contribution in [-0.4, -0.2) is 44.2 Å². The summed E-state index contributed by atoms with van der Waals surface area (Å²) in [5, 5.41) is 2.92. The number of carbonyl (C=O) groups excluding carboxylic acids is 1. The Labute approximate surface area is 126 Å². The van der Waals surface area contributed by atoms with Crippen LogP contribution < -0.4 is 14.8 Å². The Hall–Kier alpha value is -1.75. The third-order valence-corrected chi connectivity index (χ3v) is 3.95. The van der Waals surface area contributed by atoms with Crippen LogP contribution in [0.1, 0.15) is 26.2 Å².